The number of nitriles is 1. The molecular weight excluding hydrogens is 699 g/mol. The number of nitrogens with one attached hydrogen (secondary N) is 1. The fraction of sp³-hybridized carbons (Fsp3) is 0.410. The normalized spacial score (nSPS) is 18.1. The molecule has 0 bridgehead atoms. The molecule has 1 saturated heterocycles. The number of methoxy groups -OCH3 is 2. The highest BCUT2D eigenvalue weighted by Crippen LogP contribution is 2.61. The summed E-state index contributed by atoms with van der Waals surface area (Å²) in [5, 5.41) is 9.12. The Hall–Kier alpha value is -3.95. The van der Waals surface area contributed by atoms with Gasteiger partial charge in [0.25, 0.3) is 5.56 Å². The summed E-state index contributed by atoms with van der Waals surface area (Å²) in [6.45, 7) is 8.98. The molecule has 1 aliphatic rings. The predicted molar refractivity (Wildman–Crippen MR) is 205 cm³/mol. The van der Waals surface area contributed by atoms with Crippen LogP contribution in [-0.2, 0) is 19.6 Å². The molecule has 13 heteroatoms. The lowest BCUT2D eigenvalue weighted by molar-refractivity contribution is -0.0765. The summed E-state index contributed by atoms with van der Waals surface area (Å²) < 4.78 is 35.2. The van der Waals surface area contributed by atoms with E-state index in [0.717, 1.165) is 28.2 Å². The molecule has 0 spiro atoms. The maximum absolute atomic E-state index is 13.0. The summed E-state index contributed by atoms with van der Waals surface area (Å²) >= 11 is 1.66. The van der Waals surface area contributed by atoms with Crippen molar-refractivity contribution >= 4 is 18.9 Å². The van der Waals surface area contributed by atoms with E-state index in [1.165, 1.54) is 16.8 Å². The van der Waals surface area contributed by atoms with Crippen LogP contribution in [0, 0.1) is 11.3 Å². The number of H-pyrrole nitrogens is 1. The molecule has 0 saturated carbocycles. The molecule has 11 nitrogen and oxygen atoms in total. The summed E-state index contributed by atoms with van der Waals surface area (Å²) in [5.74, 6) is 1.43. The topological polar surface area (TPSA) is 128 Å². The fourth-order valence-electron chi connectivity index (χ4n) is 6.48. The number of rotatable bonds is 17. The van der Waals surface area contributed by atoms with Crippen LogP contribution in [0.15, 0.2) is 101 Å². The van der Waals surface area contributed by atoms with Gasteiger partial charge in [-0.3, -0.25) is 14.3 Å². The molecule has 1 aromatic heterocycles. The number of hydrogen-bond donors (Lipinski definition) is 1. The van der Waals surface area contributed by atoms with Gasteiger partial charge in [0.05, 0.1) is 46.0 Å². The first-order chi connectivity index (χ1) is 25.1. The van der Waals surface area contributed by atoms with Gasteiger partial charge in [-0.2, -0.15) is 5.26 Å². The van der Waals surface area contributed by atoms with Crippen LogP contribution in [0.2, 0.25) is 0 Å². The molecule has 3 aromatic carbocycles. The Morgan fingerprint density at radius 1 is 0.923 bits per heavy atom. The van der Waals surface area contributed by atoms with Crippen molar-refractivity contribution in [2.75, 3.05) is 27.4 Å². The van der Waals surface area contributed by atoms with Gasteiger partial charge in [0.1, 0.15) is 23.3 Å². The highest BCUT2D eigenvalue weighted by molar-refractivity contribution is 8.53. The monoisotopic (exact) mass is 746 g/mol. The van der Waals surface area contributed by atoms with Crippen LogP contribution >= 0.6 is 18.9 Å². The standard InChI is InChI=1S/C39H47N4O7PS/c1-27(2)43(28(3)4)51(49-24-10-22-40)52-35-25-37(42-23-21-36(44)41-38(42)45)50-34(35)26-48-39(29-11-8-7-9-12-29,30-13-17-32(46-5)18-14-30)31-15-19-33(47-6)20-16-31/h7-9,11-21,23,27-28,34-35,37H,10,24-26H2,1-6H3,(H,41,44,45)/t34-,35+,37-,51?/m1/s1. The molecule has 52 heavy (non-hydrogen) atoms. The molecule has 0 aliphatic carbocycles. The quantitative estimate of drug-likeness (QED) is 0.0672. The first kappa shape index (κ1) is 39.3. The average molecular weight is 747 g/mol. The van der Waals surface area contributed by atoms with Gasteiger partial charge in [0.2, 0.25) is 0 Å². The highest BCUT2D eigenvalue weighted by Gasteiger charge is 2.44. The van der Waals surface area contributed by atoms with Gasteiger partial charge in [-0.15, -0.1) is 0 Å². The molecule has 1 aliphatic heterocycles. The van der Waals surface area contributed by atoms with Gasteiger partial charge >= 0.3 is 5.69 Å². The van der Waals surface area contributed by atoms with E-state index in [-0.39, 0.29) is 30.4 Å². The minimum absolute atomic E-state index is 0.143. The van der Waals surface area contributed by atoms with Crippen LogP contribution in [0.5, 0.6) is 11.5 Å². The summed E-state index contributed by atoms with van der Waals surface area (Å²) in [7, 11) is 2.03. The van der Waals surface area contributed by atoms with E-state index in [0.29, 0.717) is 13.0 Å². The van der Waals surface area contributed by atoms with E-state index in [1.807, 2.05) is 78.9 Å². The van der Waals surface area contributed by atoms with Gasteiger partial charge < -0.3 is 23.5 Å². The summed E-state index contributed by atoms with van der Waals surface area (Å²) in [4.78, 5) is 27.3. The van der Waals surface area contributed by atoms with Crippen LogP contribution in [-0.4, -0.2) is 65.1 Å². The number of aromatic amines is 1. The van der Waals surface area contributed by atoms with Crippen LogP contribution in [0.25, 0.3) is 0 Å². The molecule has 276 valence electrons. The number of hydrogen-bond acceptors (Lipinski definition) is 10. The minimum Gasteiger partial charge on any atom is -0.497 e. The van der Waals surface area contributed by atoms with Crippen LogP contribution < -0.4 is 20.7 Å². The Morgan fingerprint density at radius 3 is 2.02 bits per heavy atom. The molecule has 1 unspecified atom stereocenters. The molecule has 0 radical (unpaired) electrons. The van der Waals surface area contributed by atoms with Crippen LogP contribution in [0.3, 0.4) is 0 Å². The first-order valence-corrected chi connectivity index (χ1v) is 20.0. The molecule has 0 amide bonds. The molecule has 1 fully saturated rings. The first-order valence-electron chi connectivity index (χ1n) is 17.3. The van der Waals surface area contributed by atoms with Gasteiger partial charge in [0.15, 0.2) is 7.50 Å². The van der Waals surface area contributed by atoms with E-state index in [2.05, 4.69) is 43.4 Å². The largest absolute Gasteiger partial charge is 0.497 e. The van der Waals surface area contributed by atoms with Crippen molar-refractivity contribution in [3.8, 4) is 17.6 Å². The third-order valence-electron chi connectivity index (χ3n) is 8.87. The lowest BCUT2D eigenvalue weighted by Crippen LogP contribution is -2.38. The van der Waals surface area contributed by atoms with Gasteiger partial charge in [-0.05, 0) is 68.7 Å². The van der Waals surface area contributed by atoms with E-state index < -0.39 is 36.7 Å². The summed E-state index contributed by atoms with van der Waals surface area (Å²) in [6, 6.07) is 29.6. The number of nitrogens with zero attached hydrogens (tertiary/aromatic N) is 3. The summed E-state index contributed by atoms with van der Waals surface area (Å²) in [5.41, 5.74) is 0.573. The summed E-state index contributed by atoms with van der Waals surface area (Å²) in [6.07, 6.45) is 1.04. The Balaban J connectivity index is 1.59. The lowest BCUT2D eigenvalue weighted by atomic mass is 9.80. The number of aromatic nitrogens is 2. The van der Waals surface area contributed by atoms with E-state index in [1.54, 1.807) is 25.6 Å². The highest BCUT2D eigenvalue weighted by atomic mass is 32.7. The van der Waals surface area contributed by atoms with Crippen molar-refractivity contribution in [3.63, 3.8) is 0 Å². The number of ether oxygens (including phenoxy) is 4. The van der Waals surface area contributed by atoms with Crippen molar-refractivity contribution in [1.29, 1.82) is 5.26 Å². The molecule has 4 aromatic rings. The maximum Gasteiger partial charge on any atom is 0.330 e. The van der Waals surface area contributed by atoms with Crippen molar-refractivity contribution < 1.29 is 23.5 Å². The Kier molecular flexibility index (Phi) is 13.7. The molecule has 5 rings (SSSR count). The van der Waals surface area contributed by atoms with Gasteiger partial charge in [-0.25, -0.2) is 9.46 Å². The van der Waals surface area contributed by atoms with E-state index >= 15 is 0 Å². The van der Waals surface area contributed by atoms with Crippen molar-refractivity contribution in [3.05, 3.63) is 129 Å². The van der Waals surface area contributed by atoms with Crippen LogP contribution in [0.4, 0.5) is 0 Å². The van der Waals surface area contributed by atoms with Gasteiger partial charge in [0, 0.05) is 36.0 Å². The zero-order chi connectivity index (χ0) is 37.3. The zero-order valence-corrected chi connectivity index (χ0v) is 32.1. The van der Waals surface area contributed by atoms with Crippen molar-refractivity contribution in [2.45, 2.75) is 75.8 Å². The second-order valence-corrected chi connectivity index (χ2v) is 16.5. The van der Waals surface area contributed by atoms with E-state index in [9.17, 15) is 14.9 Å². The molecular formula is C39H47N4O7PS. The fourth-order valence-corrected chi connectivity index (χ4v) is 11.8. The maximum atomic E-state index is 13.0. The Bertz CT molecular complexity index is 1820. The third kappa shape index (κ3) is 8.97. The lowest BCUT2D eigenvalue weighted by Gasteiger charge is -2.39. The average Bonchev–Trinajstić information content (AvgIpc) is 3.54. The van der Waals surface area contributed by atoms with Crippen molar-refractivity contribution in [1.82, 2.24) is 14.2 Å². The van der Waals surface area contributed by atoms with Crippen LogP contribution in [0.1, 0.15) is 63.5 Å². The Morgan fingerprint density at radius 2 is 1.50 bits per heavy atom. The third-order valence-corrected chi connectivity index (χ3v) is 13.8. The van der Waals surface area contributed by atoms with E-state index in [4.69, 9.17) is 23.5 Å². The second-order valence-electron chi connectivity index (χ2n) is 12.9. The van der Waals surface area contributed by atoms with Crippen molar-refractivity contribution in [2.24, 2.45) is 0 Å². The molecule has 2 heterocycles. The SMILES string of the molecule is COc1ccc(C(OC[C@H]2O[C@@H](n3ccc(=O)[nH]c3=O)C[C@@H]2SP(OCCC#N)N(C(C)C)C(C)C)(c2ccccc2)c2ccc(OC)cc2)cc1. The predicted octanol–water partition coefficient (Wildman–Crippen LogP) is 7.23. The smallest absolute Gasteiger partial charge is 0.330 e. The second kappa shape index (κ2) is 18.2. The zero-order valence-electron chi connectivity index (χ0n) is 30.4. The Labute approximate surface area is 310 Å². The minimum atomic E-state index is -1.24. The molecule has 1 N–H and O–H groups in total. The van der Waals surface area contributed by atoms with Gasteiger partial charge in [-0.1, -0.05) is 66.0 Å². The molecule has 4 atom stereocenters. The number of benzene rings is 3.